The molecule has 192 valence electrons. The lowest BCUT2D eigenvalue weighted by Gasteiger charge is -2.30. The molecule has 2 N–H and O–H groups in total. The maximum absolute atomic E-state index is 15.1. The van der Waals surface area contributed by atoms with Crippen LogP contribution in [0.5, 0.6) is 0 Å². The van der Waals surface area contributed by atoms with Gasteiger partial charge in [-0.15, -0.1) is 0 Å². The molecule has 37 heavy (non-hydrogen) atoms. The Kier molecular flexibility index (Phi) is 6.09. The fourth-order valence-corrected chi connectivity index (χ4v) is 6.68. The predicted molar refractivity (Wildman–Crippen MR) is 140 cm³/mol. The molecule has 7 heteroatoms. The Morgan fingerprint density at radius 1 is 1.05 bits per heavy atom. The van der Waals surface area contributed by atoms with E-state index in [4.69, 9.17) is 0 Å². The molecule has 2 aromatic carbocycles. The zero-order chi connectivity index (χ0) is 25.6. The van der Waals surface area contributed by atoms with Crippen molar-refractivity contribution < 1.29 is 14.0 Å². The number of halogens is 1. The first kappa shape index (κ1) is 23.9. The number of fused-ring (bicyclic) bond motifs is 1. The number of anilines is 1. The molecule has 1 aromatic heterocycles. The molecule has 3 aliphatic rings. The van der Waals surface area contributed by atoms with Gasteiger partial charge in [-0.1, -0.05) is 49.6 Å². The predicted octanol–water partition coefficient (Wildman–Crippen LogP) is 5.46. The maximum atomic E-state index is 15.1. The molecule has 1 spiro atoms. The van der Waals surface area contributed by atoms with Gasteiger partial charge in [0.15, 0.2) is 0 Å². The molecule has 2 saturated carbocycles. The molecule has 6 nitrogen and oxygen atoms in total. The van der Waals surface area contributed by atoms with Crippen molar-refractivity contribution in [2.24, 2.45) is 12.5 Å². The number of carbonyl (C=O) groups is 2. The van der Waals surface area contributed by atoms with E-state index >= 15 is 4.39 Å². The lowest BCUT2D eigenvalue weighted by molar-refractivity contribution is -0.118. The van der Waals surface area contributed by atoms with Crippen LogP contribution in [0.1, 0.15) is 84.0 Å². The normalized spacial score (nSPS) is 20.9. The van der Waals surface area contributed by atoms with Crippen LogP contribution >= 0.6 is 0 Å². The summed E-state index contributed by atoms with van der Waals surface area (Å²) in [5, 5.41) is 10.1. The number of carbonyl (C=O) groups excluding carboxylic acids is 2. The Morgan fingerprint density at radius 3 is 2.54 bits per heavy atom. The number of nitrogens with zero attached hydrogens (tertiary/aromatic N) is 2. The Labute approximate surface area is 216 Å². The lowest BCUT2D eigenvalue weighted by Crippen LogP contribution is -2.49. The number of aryl methyl sites for hydroxylation is 1. The van der Waals surface area contributed by atoms with Gasteiger partial charge in [-0.05, 0) is 78.3 Å². The number of aromatic nitrogens is 2. The summed E-state index contributed by atoms with van der Waals surface area (Å²) < 4.78 is 16.6. The molecule has 3 aliphatic carbocycles. The number of rotatable bonds is 6. The molecule has 0 radical (unpaired) electrons. The van der Waals surface area contributed by atoms with E-state index in [2.05, 4.69) is 27.9 Å². The van der Waals surface area contributed by atoms with Gasteiger partial charge < -0.3 is 10.6 Å². The Balaban J connectivity index is 1.29. The highest BCUT2D eigenvalue weighted by Crippen LogP contribution is 2.64. The Hall–Kier alpha value is -3.48. The highest BCUT2D eigenvalue weighted by molar-refractivity contribution is 6.01. The van der Waals surface area contributed by atoms with Crippen molar-refractivity contribution in [2.75, 3.05) is 5.32 Å². The molecule has 0 bridgehead atoms. The number of hydrogen-bond acceptors (Lipinski definition) is 3. The van der Waals surface area contributed by atoms with Crippen LogP contribution in [0.2, 0.25) is 0 Å². The molecule has 0 saturated heterocycles. The summed E-state index contributed by atoms with van der Waals surface area (Å²) in [6, 6.07) is 14.1. The minimum Gasteiger partial charge on any atom is -0.338 e. The van der Waals surface area contributed by atoms with Crippen LogP contribution in [0, 0.1) is 11.2 Å². The van der Waals surface area contributed by atoms with Gasteiger partial charge in [0, 0.05) is 24.8 Å². The molecular formula is C30H33FN4O2. The van der Waals surface area contributed by atoms with Crippen molar-refractivity contribution in [2.45, 2.75) is 69.2 Å². The van der Waals surface area contributed by atoms with E-state index in [-0.39, 0.29) is 34.9 Å². The smallest absolute Gasteiger partial charge is 0.270 e. The molecule has 0 aliphatic heterocycles. The van der Waals surface area contributed by atoms with E-state index in [1.165, 1.54) is 22.7 Å². The van der Waals surface area contributed by atoms with Gasteiger partial charge in [0.2, 0.25) is 5.91 Å². The summed E-state index contributed by atoms with van der Waals surface area (Å²) in [5.41, 5.74) is 3.86. The zero-order valence-corrected chi connectivity index (χ0v) is 21.2. The zero-order valence-electron chi connectivity index (χ0n) is 21.2. The summed E-state index contributed by atoms with van der Waals surface area (Å²) in [6.07, 6.45) is 9.99. The van der Waals surface area contributed by atoms with Crippen molar-refractivity contribution in [3.05, 3.63) is 82.9 Å². The van der Waals surface area contributed by atoms with Crippen LogP contribution in [-0.2, 0) is 18.3 Å². The van der Waals surface area contributed by atoms with E-state index in [1.54, 1.807) is 25.4 Å². The first-order valence-corrected chi connectivity index (χ1v) is 13.4. The lowest BCUT2D eigenvalue weighted by atomic mass is 9.82. The summed E-state index contributed by atoms with van der Waals surface area (Å²) in [5.74, 6) is -0.848. The van der Waals surface area contributed by atoms with Gasteiger partial charge in [-0.3, -0.25) is 14.3 Å². The topological polar surface area (TPSA) is 76.0 Å². The van der Waals surface area contributed by atoms with Gasteiger partial charge in [0.25, 0.3) is 5.91 Å². The van der Waals surface area contributed by atoms with Crippen molar-refractivity contribution in [1.82, 2.24) is 15.1 Å². The molecule has 2 atom stereocenters. The molecule has 2 fully saturated rings. The van der Waals surface area contributed by atoms with Crippen molar-refractivity contribution in [3.63, 3.8) is 0 Å². The third kappa shape index (κ3) is 4.45. The van der Waals surface area contributed by atoms with E-state index in [1.807, 2.05) is 18.2 Å². The van der Waals surface area contributed by atoms with E-state index in [0.717, 1.165) is 56.1 Å². The Morgan fingerprint density at radius 2 is 1.84 bits per heavy atom. The average molecular weight is 501 g/mol. The number of nitrogens with one attached hydrogen (secondary N) is 2. The van der Waals surface area contributed by atoms with E-state index in [0.29, 0.717) is 11.4 Å². The van der Waals surface area contributed by atoms with E-state index in [9.17, 15) is 9.59 Å². The number of amides is 2. The van der Waals surface area contributed by atoms with Crippen LogP contribution in [0.25, 0.3) is 0 Å². The van der Waals surface area contributed by atoms with Gasteiger partial charge in [-0.2, -0.15) is 5.10 Å². The number of benzene rings is 2. The monoisotopic (exact) mass is 500 g/mol. The Bertz CT molecular complexity index is 1340. The fraction of sp³-hybridized carbons (Fsp3) is 0.433. The summed E-state index contributed by atoms with van der Waals surface area (Å²) in [4.78, 5) is 27.1. The van der Waals surface area contributed by atoms with Crippen molar-refractivity contribution in [3.8, 4) is 0 Å². The van der Waals surface area contributed by atoms with Crippen molar-refractivity contribution in [1.29, 1.82) is 0 Å². The second-order valence-electron chi connectivity index (χ2n) is 11.1. The standard InChI is InChI=1S/C30H33FN4O2/c1-35-25(13-16-32-35)28(36)34-27(26-23-10-6-5-9-20(23)18-30(26)14-15-30)29(37)33-21-11-12-22(24(31)17-21)19-7-3-2-4-8-19/h5-6,9-13,16-17,19,26-27H,2-4,7-8,14-15,18H2,1H3,(H,33,37)(H,34,36)/t26?,27-/m0/s1. The van der Waals surface area contributed by atoms with Gasteiger partial charge in [0.1, 0.15) is 17.6 Å². The SMILES string of the molecule is Cn1nccc1C(=O)N[C@H](C(=O)Nc1ccc(C2CCCCC2)c(F)c1)C1c2ccccc2CC12CC2. The highest BCUT2D eigenvalue weighted by atomic mass is 19.1. The molecule has 6 rings (SSSR count). The first-order valence-electron chi connectivity index (χ1n) is 13.4. The molecular weight excluding hydrogens is 467 g/mol. The van der Waals surface area contributed by atoms with Gasteiger partial charge >= 0.3 is 0 Å². The summed E-state index contributed by atoms with van der Waals surface area (Å²) in [7, 11) is 1.70. The van der Waals surface area contributed by atoms with Crippen LogP contribution < -0.4 is 10.6 Å². The molecule has 1 unspecified atom stereocenters. The van der Waals surface area contributed by atoms with E-state index < -0.39 is 6.04 Å². The van der Waals surface area contributed by atoms with Crippen LogP contribution in [-0.4, -0.2) is 27.6 Å². The first-order chi connectivity index (χ1) is 17.9. The van der Waals surface area contributed by atoms with Crippen LogP contribution in [0.4, 0.5) is 10.1 Å². The van der Waals surface area contributed by atoms with Crippen LogP contribution in [0.3, 0.4) is 0 Å². The fourth-order valence-electron chi connectivity index (χ4n) is 6.68. The third-order valence-corrected chi connectivity index (χ3v) is 8.75. The van der Waals surface area contributed by atoms with Crippen LogP contribution in [0.15, 0.2) is 54.7 Å². The average Bonchev–Trinajstić information content (AvgIpc) is 3.40. The minimum absolute atomic E-state index is 0.0263. The second kappa shape index (κ2) is 9.43. The van der Waals surface area contributed by atoms with Gasteiger partial charge in [-0.25, -0.2) is 4.39 Å². The third-order valence-electron chi connectivity index (χ3n) is 8.75. The molecule has 1 heterocycles. The quantitative estimate of drug-likeness (QED) is 0.472. The molecule has 2 amide bonds. The molecule has 3 aromatic rings. The minimum atomic E-state index is -0.797. The number of hydrogen-bond donors (Lipinski definition) is 2. The van der Waals surface area contributed by atoms with Gasteiger partial charge in [0.05, 0.1) is 0 Å². The van der Waals surface area contributed by atoms with Crippen molar-refractivity contribution >= 4 is 17.5 Å². The summed E-state index contributed by atoms with van der Waals surface area (Å²) in [6.45, 7) is 0. The summed E-state index contributed by atoms with van der Waals surface area (Å²) >= 11 is 0. The maximum Gasteiger partial charge on any atom is 0.270 e. The largest absolute Gasteiger partial charge is 0.338 e. The highest BCUT2D eigenvalue weighted by Gasteiger charge is 2.58. The second-order valence-corrected chi connectivity index (χ2v) is 11.1.